The lowest BCUT2D eigenvalue weighted by molar-refractivity contribution is 0.130. The van der Waals surface area contributed by atoms with Crippen LogP contribution in [-0.2, 0) is 6.54 Å². The summed E-state index contributed by atoms with van der Waals surface area (Å²) in [6.07, 6.45) is 0. The lowest BCUT2D eigenvalue weighted by Gasteiger charge is -2.33. The van der Waals surface area contributed by atoms with Crippen molar-refractivity contribution in [2.45, 2.75) is 13.5 Å². The van der Waals surface area contributed by atoms with E-state index in [-0.39, 0.29) is 0 Å². The van der Waals surface area contributed by atoms with Gasteiger partial charge >= 0.3 is 0 Å². The summed E-state index contributed by atoms with van der Waals surface area (Å²) < 4.78 is 0. The number of piperazine rings is 1. The topological polar surface area (TPSA) is 18.8 Å². The normalized spacial score (nSPS) is 16.6. The quantitative estimate of drug-likeness (QED) is 0.794. The SMILES string of the molecule is CC(=NN1CCN(Cc2ccccc2)CC1)c1ccc(Cl)cc1. The maximum atomic E-state index is 5.93. The molecule has 2 aromatic rings. The Bertz CT molecular complexity index is 644. The van der Waals surface area contributed by atoms with Crippen LogP contribution in [0, 0.1) is 0 Å². The van der Waals surface area contributed by atoms with Gasteiger partial charge in [0.1, 0.15) is 0 Å². The molecule has 1 saturated heterocycles. The van der Waals surface area contributed by atoms with Crippen LogP contribution in [0.15, 0.2) is 59.7 Å². The Kier molecular flexibility index (Phi) is 5.31. The van der Waals surface area contributed by atoms with Gasteiger partial charge in [0.25, 0.3) is 0 Å². The van der Waals surface area contributed by atoms with E-state index in [0.717, 1.165) is 49.0 Å². The fourth-order valence-corrected chi connectivity index (χ4v) is 2.92. The molecule has 1 fully saturated rings. The Labute approximate surface area is 143 Å². The van der Waals surface area contributed by atoms with Crippen molar-refractivity contribution in [2.75, 3.05) is 26.2 Å². The Morgan fingerprint density at radius 1 is 0.957 bits per heavy atom. The highest BCUT2D eigenvalue weighted by Gasteiger charge is 2.15. The van der Waals surface area contributed by atoms with E-state index in [1.54, 1.807) is 0 Å². The Balaban J connectivity index is 1.54. The molecule has 0 bridgehead atoms. The maximum Gasteiger partial charge on any atom is 0.0646 e. The van der Waals surface area contributed by atoms with Crippen molar-refractivity contribution in [3.63, 3.8) is 0 Å². The second-order valence-corrected chi connectivity index (χ2v) is 6.34. The average molecular weight is 328 g/mol. The van der Waals surface area contributed by atoms with Crippen molar-refractivity contribution in [3.8, 4) is 0 Å². The first kappa shape index (κ1) is 16.0. The summed E-state index contributed by atoms with van der Waals surface area (Å²) in [6, 6.07) is 18.5. The van der Waals surface area contributed by atoms with E-state index in [9.17, 15) is 0 Å². The average Bonchev–Trinajstić information content (AvgIpc) is 2.58. The molecule has 3 rings (SSSR count). The summed E-state index contributed by atoms with van der Waals surface area (Å²) in [7, 11) is 0. The van der Waals surface area contributed by atoms with Gasteiger partial charge in [0.15, 0.2) is 0 Å². The number of nitrogens with zero attached hydrogens (tertiary/aromatic N) is 3. The first-order valence-corrected chi connectivity index (χ1v) is 8.41. The van der Waals surface area contributed by atoms with E-state index in [0.29, 0.717) is 0 Å². The fourth-order valence-electron chi connectivity index (χ4n) is 2.80. The molecule has 1 aliphatic heterocycles. The van der Waals surface area contributed by atoms with E-state index < -0.39 is 0 Å². The van der Waals surface area contributed by atoms with Gasteiger partial charge in [0.05, 0.1) is 5.71 Å². The van der Waals surface area contributed by atoms with Crippen molar-refractivity contribution >= 4 is 17.3 Å². The predicted molar refractivity (Wildman–Crippen MR) is 97.0 cm³/mol. The van der Waals surface area contributed by atoms with Crippen LogP contribution in [0.25, 0.3) is 0 Å². The van der Waals surface area contributed by atoms with Crippen LogP contribution in [-0.4, -0.2) is 41.8 Å². The van der Waals surface area contributed by atoms with Gasteiger partial charge in [-0.3, -0.25) is 9.91 Å². The number of hydrogen-bond acceptors (Lipinski definition) is 3. The summed E-state index contributed by atoms with van der Waals surface area (Å²) in [5, 5.41) is 7.69. The second kappa shape index (κ2) is 7.62. The molecule has 1 heterocycles. The van der Waals surface area contributed by atoms with Crippen LogP contribution in [0.5, 0.6) is 0 Å². The lowest BCUT2D eigenvalue weighted by atomic mass is 10.1. The van der Waals surface area contributed by atoms with Gasteiger partial charge in [0.2, 0.25) is 0 Å². The highest BCUT2D eigenvalue weighted by atomic mass is 35.5. The molecule has 0 atom stereocenters. The molecule has 0 unspecified atom stereocenters. The van der Waals surface area contributed by atoms with Crippen LogP contribution in [0.2, 0.25) is 5.02 Å². The van der Waals surface area contributed by atoms with Gasteiger partial charge in [-0.15, -0.1) is 0 Å². The van der Waals surface area contributed by atoms with Crippen LogP contribution in [0.3, 0.4) is 0 Å². The smallest absolute Gasteiger partial charge is 0.0646 e. The Morgan fingerprint density at radius 2 is 1.61 bits per heavy atom. The van der Waals surface area contributed by atoms with Gasteiger partial charge in [0, 0.05) is 37.7 Å². The Hall–Kier alpha value is -1.84. The zero-order valence-corrected chi connectivity index (χ0v) is 14.2. The number of benzene rings is 2. The molecule has 23 heavy (non-hydrogen) atoms. The zero-order chi connectivity index (χ0) is 16.1. The summed E-state index contributed by atoms with van der Waals surface area (Å²) >= 11 is 5.93. The van der Waals surface area contributed by atoms with Crippen molar-refractivity contribution < 1.29 is 0 Å². The van der Waals surface area contributed by atoms with Crippen molar-refractivity contribution in [1.29, 1.82) is 0 Å². The monoisotopic (exact) mass is 327 g/mol. The minimum atomic E-state index is 0.760. The second-order valence-electron chi connectivity index (χ2n) is 5.91. The summed E-state index contributed by atoms with van der Waals surface area (Å²) in [5.41, 5.74) is 3.54. The number of hydrazone groups is 1. The third kappa shape index (κ3) is 4.57. The van der Waals surface area contributed by atoms with Crippen molar-refractivity contribution in [3.05, 3.63) is 70.7 Å². The van der Waals surface area contributed by atoms with Gasteiger partial charge in [-0.05, 0) is 30.2 Å². The zero-order valence-electron chi connectivity index (χ0n) is 13.5. The molecule has 4 heteroatoms. The maximum absolute atomic E-state index is 5.93. The number of hydrogen-bond donors (Lipinski definition) is 0. The number of halogens is 1. The summed E-state index contributed by atoms with van der Waals surface area (Å²) in [4.78, 5) is 2.49. The van der Waals surface area contributed by atoms with E-state index in [1.165, 1.54) is 5.56 Å². The molecule has 0 N–H and O–H groups in total. The summed E-state index contributed by atoms with van der Waals surface area (Å²) in [5.74, 6) is 0. The predicted octanol–water partition coefficient (Wildman–Crippen LogP) is 3.88. The number of rotatable bonds is 4. The largest absolute Gasteiger partial charge is 0.295 e. The van der Waals surface area contributed by atoms with Gasteiger partial charge in [-0.25, -0.2) is 0 Å². The first-order valence-electron chi connectivity index (χ1n) is 8.03. The van der Waals surface area contributed by atoms with Gasteiger partial charge < -0.3 is 0 Å². The van der Waals surface area contributed by atoms with Crippen molar-refractivity contribution in [1.82, 2.24) is 9.91 Å². The third-order valence-corrected chi connectivity index (χ3v) is 4.40. The molecule has 2 aromatic carbocycles. The fraction of sp³-hybridized carbons (Fsp3) is 0.316. The molecule has 3 nitrogen and oxygen atoms in total. The molecule has 0 aliphatic carbocycles. The highest BCUT2D eigenvalue weighted by molar-refractivity contribution is 6.30. The molecule has 0 saturated carbocycles. The van der Waals surface area contributed by atoms with E-state index >= 15 is 0 Å². The first-order chi connectivity index (χ1) is 11.2. The van der Waals surface area contributed by atoms with E-state index in [2.05, 4.69) is 47.2 Å². The Morgan fingerprint density at radius 3 is 2.26 bits per heavy atom. The molecule has 1 aliphatic rings. The highest BCUT2D eigenvalue weighted by Crippen LogP contribution is 2.12. The van der Waals surface area contributed by atoms with Crippen LogP contribution < -0.4 is 0 Å². The molecule has 0 spiro atoms. The third-order valence-electron chi connectivity index (χ3n) is 4.15. The summed E-state index contributed by atoms with van der Waals surface area (Å²) in [6.45, 7) is 7.11. The lowest BCUT2D eigenvalue weighted by Crippen LogP contribution is -2.43. The van der Waals surface area contributed by atoms with Gasteiger partial charge in [-0.2, -0.15) is 5.10 Å². The standard InChI is InChI=1S/C19H22ClN3/c1-16(18-7-9-19(20)10-8-18)21-23-13-11-22(12-14-23)15-17-5-3-2-4-6-17/h2-10H,11-15H2,1H3. The van der Waals surface area contributed by atoms with Crippen LogP contribution >= 0.6 is 11.6 Å². The minimum Gasteiger partial charge on any atom is -0.295 e. The van der Waals surface area contributed by atoms with Crippen LogP contribution in [0.1, 0.15) is 18.1 Å². The molecular formula is C19H22ClN3. The molecule has 0 aromatic heterocycles. The minimum absolute atomic E-state index is 0.760. The molecular weight excluding hydrogens is 306 g/mol. The van der Waals surface area contributed by atoms with Gasteiger partial charge in [-0.1, -0.05) is 54.1 Å². The van der Waals surface area contributed by atoms with Crippen molar-refractivity contribution in [2.24, 2.45) is 5.10 Å². The molecule has 0 amide bonds. The van der Waals surface area contributed by atoms with E-state index in [1.807, 2.05) is 24.3 Å². The van der Waals surface area contributed by atoms with E-state index in [4.69, 9.17) is 16.7 Å². The van der Waals surface area contributed by atoms with Crippen LogP contribution in [0.4, 0.5) is 0 Å². The molecule has 0 radical (unpaired) electrons. The molecule has 120 valence electrons.